The molecule has 18 heteroatoms. The monoisotopic (exact) mass is 664 g/mol. The van der Waals surface area contributed by atoms with E-state index in [0.717, 1.165) is 4.57 Å². The van der Waals surface area contributed by atoms with Crippen LogP contribution in [0.5, 0.6) is 0 Å². The van der Waals surface area contributed by atoms with Crippen molar-refractivity contribution in [3.05, 3.63) is 22.7 Å². The molecule has 1 amide bonds. The highest BCUT2D eigenvalue weighted by atomic mass is 31.2. The van der Waals surface area contributed by atoms with Gasteiger partial charge in [0.15, 0.2) is 6.23 Å². The lowest BCUT2D eigenvalue weighted by molar-refractivity contribution is -0.320. The molecule has 2 N–H and O–H groups in total. The highest BCUT2D eigenvalue weighted by Gasteiger charge is 2.51. The van der Waals surface area contributed by atoms with E-state index in [0.29, 0.717) is 0 Å². The second-order valence-corrected chi connectivity index (χ2v) is 11.8. The van der Waals surface area contributed by atoms with Crippen LogP contribution in [0.25, 0.3) is 0 Å². The van der Waals surface area contributed by atoms with Crippen molar-refractivity contribution in [1.82, 2.24) is 14.2 Å². The Morgan fingerprint density at radius 1 is 1.02 bits per heavy atom. The molecule has 2 rings (SSSR count). The molecule has 1 aliphatic rings. The fourth-order valence-electron chi connectivity index (χ4n) is 4.39. The highest BCUT2D eigenvalue weighted by molar-refractivity contribution is 7.44. The molecule has 0 radical (unpaired) electrons. The summed E-state index contributed by atoms with van der Waals surface area (Å²) in [4.78, 5) is 51.0. The number of aliphatic hydroxyl groups excluding tert-OH is 1. The van der Waals surface area contributed by atoms with E-state index in [1.54, 1.807) is 0 Å². The summed E-state index contributed by atoms with van der Waals surface area (Å²) in [6.07, 6.45) is -3.10. The van der Waals surface area contributed by atoms with Crippen molar-refractivity contribution in [1.29, 1.82) is 0 Å². The first-order valence-corrected chi connectivity index (χ1v) is 15.5. The molecule has 1 saturated heterocycles. The third kappa shape index (κ3) is 12.3. The summed E-state index contributed by atoms with van der Waals surface area (Å²) in [5, 5.41) is 12.8. The molecule has 1 fully saturated rings. The lowest BCUT2D eigenvalue weighted by Crippen LogP contribution is -2.44. The standard InChI is InChI=1S/C27H45N4O13P/c1-16(2)31(17(3)4)45(37-8)44-23-21(15-32)42-25(30-10-9-22(28-18(5)33)29-26(30)36)24(23)43-27(40-13-11-38-19(6)34)41-14-12-39-20(7)35/h9-10,16-17,21,23-25,27,32H,11-15H2,1-8H3,(H,28,29,33,36)/t21-,23-,24-,25-,45?/m1/s1. The maximum Gasteiger partial charge on any atom is 0.351 e. The lowest BCUT2D eigenvalue weighted by atomic mass is 10.1. The lowest BCUT2D eigenvalue weighted by Gasteiger charge is -2.38. The predicted octanol–water partition coefficient (Wildman–Crippen LogP) is 1.30. The van der Waals surface area contributed by atoms with Crippen molar-refractivity contribution in [2.45, 2.75) is 91.6 Å². The van der Waals surface area contributed by atoms with Gasteiger partial charge in [-0.15, -0.1) is 0 Å². The number of hydrogen-bond donors (Lipinski definition) is 2. The smallest absolute Gasteiger partial charge is 0.351 e. The van der Waals surface area contributed by atoms with E-state index in [9.17, 15) is 24.3 Å². The number of aliphatic hydroxyl groups is 1. The summed E-state index contributed by atoms with van der Waals surface area (Å²) in [7, 11) is -0.238. The van der Waals surface area contributed by atoms with Crippen molar-refractivity contribution in [3.63, 3.8) is 0 Å². The van der Waals surface area contributed by atoms with Crippen LogP contribution in [0.1, 0.15) is 54.7 Å². The quantitative estimate of drug-likeness (QED) is 0.0929. The number of aromatic nitrogens is 2. The van der Waals surface area contributed by atoms with Crippen LogP contribution in [0.3, 0.4) is 0 Å². The molecule has 256 valence electrons. The van der Waals surface area contributed by atoms with Crippen molar-refractivity contribution in [2.24, 2.45) is 0 Å². The number of carbonyl (C=O) groups is 3. The number of nitrogens with one attached hydrogen (secondary N) is 1. The highest BCUT2D eigenvalue weighted by Crippen LogP contribution is 2.49. The molecule has 0 bridgehead atoms. The predicted molar refractivity (Wildman–Crippen MR) is 159 cm³/mol. The Labute approximate surface area is 263 Å². The summed E-state index contributed by atoms with van der Waals surface area (Å²) >= 11 is 0. The van der Waals surface area contributed by atoms with Gasteiger partial charge < -0.3 is 47.9 Å². The molecule has 45 heavy (non-hydrogen) atoms. The molecule has 0 aliphatic carbocycles. The van der Waals surface area contributed by atoms with Crippen molar-refractivity contribution >= 4 is 32.2 Å². The van der Waals surface area contributed by atoms with E-state index in [4.69, 9.17) is 37.5 Å². The average Bonchev–Trinajstić information content (AvgIpc) is 3.28. The zero-order valence-electron chi connectivity index (χ0n) is 26.9. The van der Waals surface area contributed by atoms with Gasteiger partial charge in [-0.05, 0) is 33.8 Å². The van der Waals surface area contributed by atoms with Gasteiger partial charge in [0.25, 0.3) is 15.0 Å². The fourth-order valence-corrected chi connectivity index (χ4v) is 5.99. The van der Waals surface area contributed by atoms with Crippen LogP contribution in [-0.2, 0) is 51.9 Å². The van der Waals surface area contributed by atoms with Gasteiger partial charge in [-0.1, -0.05) is 0 Å². The molecule has 1 unspecified atom stereocenters. The molecule has 5 atom stereocenters. The molecule has 0 aromatic carbocycles. The maximum absolute atomic E-state index is 13.1. The molecule has 1 aliphatic heterocycles. The van der Waals surface area contributed by atoms with E-state index in [1.165, 1.54) is 40.1 Å². The van der Waals surface area contributed by atoms with Crippen LogP contribution in [0.4, 0.5) is 5.82 Å². The van der Waals surface area contributed by atoms with Gasteiger partial charge in [-0.2, -0.15) is 4.98 Å². The van der Waals surface area contributed by atoms with E-state index in [-0.39, 0.29) is 44.3 Å². The number of hydrogen-bond acceptors (Lipinski definition) is 15. The van der Waals surface area contributed by atoms with E-state index in [1.807, 2.05) is 32.4 Å². The van der Waals surface area contributed by atoms with Crippen molar-refractivity contribution < 1.29 is 57.0 Å². The van der Waals surface area contributed by atoms with Crippen LogP contribution < -0.4 is 11.0 Å². The Balaban J connectivity index is 2.50. The Kier molecular flexibility index (Phi) is 16.4. The van der Waals surface area contributed by atoms with Crippen LogP contribution in [0.2, 0.25) is 0 Å². The molecular weight excluding hydrogens is 619 g/mol. The first-order chi connectivity index (χ1) is 21.3. The summed E-state index contributed by atoms with van der Waals surface area (Å²) in [5.41, 5.74) is -0.791. The minimum Gasteiger partial charge on any atom is -0.463 e. The molecule has 0 saturated carbocycles. The zero-order chi connectivity index (χ0) is 33.7. The molecule has 1 aromatic heterocycles. The summed E-state index contributed by atoms with van der Waals surface area (Å²) < 4.78 is 48.9. The molecule has 0 spiro atoms. The van der Waals surface area contributed by atoms with Crippen LogP contribution >= 0.6 is 8.53 Å². The minimum atomic E-state index is -1.73. The molecule has 2 heterocycles. The number of rotatable bonds is 19. The van der Waals surface area contributed by atoms with Gasteiger partial charge in [-0.3, -0.25) is 19.0 Å². The average molecular weight is 665 g/mol. The Morgan fingerprint density at radius 3 is 2.04 bits per heavy atom. The van der Waals surface area contributed by atoms with Gasteiger partial charge in [-0.25, -0.2) is 9.46 Å². The molecular formula is C27H45N4O13P. The Bertz CT molecular complexity index is 1120. The normalized spacial score (nSPS) is 20.6. The largest absolute Gasteiger partial charge is 0.463 e. The fraction of sp³-hybridized carbons (Fsp3) is 0.741. The second kappa shape index (κ2) is 19.2. The van der Waals surface area contributed by atoms with E-state index >= 15 is 0 Å². The van der Waals surface area contributed by atoms with E-state index < -0.39 is 69.7 Å². The number of amides is 1. The van der Waals surface area contributed by atoms with Gasteiger partial charge >= 0.3 is 17.6 Å². The van der Waals surface area contributed by atoms with Crippen molar-refractivity contribution in [3.8, 4) is 0 Å². The number of esters is 2. The number of carbonyl (C=O) groups excluding carboxylic acids is 3. The third-order valence-electron chi connectivity index (χ3n) is 6.04. The maximum atomic E-state index is 13.1. The SMILES string of the molecule is COP(O[C@H]1[C@@H](OC(OCCOC(C)=O)OCCOC(C)=O)[C@H](n2ccc(NC(C)=O)nc2=O)O[C@@H]1CO)N(C(C)C)C(C)C. The summed E-state index contributed by atoms with van der Waals surface area (Å²) in [5.74, 6) is -1.42. The number of anilines is 1. The topological polar surface area (TPSA) is 195 Å². The van der Waals surface area contributed by atoms with Gasteiger partial charge in [0.1, 0.15) is 37.3 Å². The van der Waals surface area contributed by atoms with Crippen LogP contribution in [0.15, 0.2) is 17.1 Å². The summed E-state index contributed by atoms with van der Waals surface area (Å²) in [6.45, 7) is 9.19. The van der Waals surface area contributed by atoms with Gasteiger partial charge in [0.2, 0.25) is 5.91 Å². The Hall–Kier alpha value is -2.60. The zero-order valence-corrected chi connectivity index (χ0v) is 27.8. The van der Waals surface area contributed by atoms with Gasteiger partial charge in [0, 0.05) is 46.2 Å². The summed E-state index contributed by atoms with van der Waals surface area (Å²) in [6, 6.07) is 1.42. The first-order valence-electron chi connectivity index (χ1n) is 14.4. The number of nitrogens with zero attached hydrogens (tertiary/aromatic N) is 3. The number of ether oxygens (including phenoxy) is 6. The van der Waals surface area contributed by atoms with Crippen LogP contribution in [0, 0.1) is 0 Å². The van der Waals surface area contributed by atoms with Crippen molar-refractivity contribution in [2.75, 3.05) is 45.5 Å². The van der Waals surface area contributed by atoms with Gasteiger partial charge in [0.05, 0.1) is 19.8 Å². The molecule has 1 aromatic rings. The molecule has 17 nitrogen and oxygen atoms in total. The van der Waals surface area contributed by atoms with Crippen LogP contribution in [-0.4, -0.2) is 114 Å². The Morgan fingerprint density at radius 2 is 1.60 bits per heavy atom. The minimum absolute atomic E-state index is 0.0104. The second-order valence-electron chi connectivity index (χ2n) is 10.3. The third-order valence-corrected chi connectivity index (χ3v) is 8.08. The van der Waals surface area contributed by atoms with E-state index in [2.05, 4.69) is 10.3 Å². The first kappa shape index (κ1) is 38.6.